The average molecular weight is 350 g/mol. The second-order valence-electron chi connectivity index (χ2n) is 7.39. The maximum Gasteiger partial charge on any atom is 0.305 e. The van der Waals surface area contributed by atoms with Gasteiger partial charge in [-0.2, -0.15) is 0 Å². The van der Waals surface area contributed by atoms with Crippen LogP contribution in [-0.4, -0.2) is 31.4 Å². The number of rotatable bonds is 8. The second kappa shape index (κ2) is 10.4. The van der Waals surface area contributed by atoms with Crippen LogP contribution >= 0.6 is 0 Å². The average Bonchev–Trinajstić information content (AvgIpc) is 3.38. The molecule has 0 saturated heterocycles. The molecule has 1 aliphatic rings. The van der Waals surface area contributed by atoms with Crippen LogP contribution in [0.5, 0.6) is 5.75 Å². The minimum Gasteiger partial charge on any atom is -0.497 e. The quantitative estimate of drug-likeness (QED) is 0.624. The molecule has 4 heteroatoms. The van der Waals surface area contributed by atoms with Crippen molar-refractivity contribution in [3.8, 4) is 5.75 Å². The first-order valence-electron chi connectivity index (χ1n) is 9.20. The molecule has 0 aliphatic heterocycles. The van der Waals surface area contributed by atoms with E-state index in [0.29, 0.717) is 6.42 Å². The van der Waals surface area contributed by atoms with Crippen LogP contribution in [0.3, 0.4) is 0 Å². The van der Waals surface area contributed by atoms with Crippen LogP contribution < -0.4 is 4.74 Å². The Morgan fingerprint density at radius 1 is 1.24 bits per heavy atom. The Morgan fingerprint density at radius 2 is 1.84 bits per heavy atom. The summed E-state index contributed by atoms with van der Waals surface area (Å²) in [6.07, 6.45) is 3.73. The first kappa shape index (κ1) is 21.5. The van der Waals surface area contributed by atoms with Crippen LogP contribution in [0.1, 0.15) is 58.9 Å². The van der Waals surface area contributed by atoms with Gasteiger partial charge in [0.1, 0.15) is 11.9 Å². The summed E-state index contributed by atoms with van der Waals surface area (Å²) in [5.41, 5.74) is 1.06. The summed E-state index contributed by atoms with van der Waals surface area (Å²) < 4.78 is 16.1. The Kier molecular flexibility index (Phi) is 8.98. The molecule has 142 valence electrons. The first-order chi connectivity index (χ1) is 11.8. The van der Waals surface area contributed by atoms with Gasteiger partial charge in [-0.15, -0.1) is 0 Å². The minimum absolute atomic E-state index is 0.0679. The van der Waals surface area contributed by atoms with E-state index in [9.17, 15) is 4.79 Å². The van der Waals surface area contributed by atoms with Gasteiger partial charge in [0.05, 0.1) is 19.3 Å². The largest absolute Gasteiger partial charge is 0.497 e. The fourth-order valence-corrected chi connectivity index (χ4v) is 2.40. The van der Waals surface area contributed by atoms with Gasteiger partial charge >= 0.3 is 5.97 Å². The molecule has 1 atom stereocenters. The molecule has 0 radical (unpaired) electrons. The number of carbonyl (C=O) groups is 1. The van der Waals surface area contributed by atoms with Gasteiger partial charge < -0.3 is 14.2 Å². The van der Waals surface area contributed by atoms with Crippen molar-refractivity contribution >= 4 is 5.97 Å². The summed E-state index contributed by atoms with van der Waals surface area (Å²) in [5.74, 6) is 1.55. The molecule has 1 saturated carbocycles. The molecular weight excluding hydrogens is 316 g/mol. The molecule has 1 fully saturated rings. The number of esters is 1. The molecule has 1 unspecified atom stereocenters. The van der Waals surface area contributed by atoms with Crippen molar-refractivity contribution < 1.29 is 19.0 Å². The number of ether oxygens (including phenoxy) is 3. The number of benzene rings is 1. The lowest BCUT2D eigenvalue weighted by Crippen LogP contribution is -2.31. The molecule has 0 spiro atoms. The Labute approximate surface area is 152 Å². The van der Waals surface area contributed by atoms with E-state index in [1.807, 2.05) is 38.1 Å². The molecule has 0 N–H and O–H groups in total. The van der Waals surface area contributed by atoms with Crippen LogP contribution in [0, 0.1) is 12.8 Å². The van der Waals surface area contributed by atoms with Crippen molar-refractivity contribution in [1.29, 1.82) is 0 Å². The standard InChI is InChI=1S/C13H24O3.C8H10O/c1-5-12(14)16-10(2)8-13(3,4)15-9-11-6-7-11;1-7-3-5-8(9-2)6-4-7/h10-11H,5-9H2,1-4H3;3-6H,1-2H3. The summed E-state index contributed by atoms with van der Waals surface area (Å²) in [4.78, 5) is 11.1. The van der Waals surface area contributed by atoms with Gasteiger partial charge in [-0.25, -0.2) is 0 Å². The summed E-state index contributed by atoms with van der Waals surface area (Å²) in [6, 6.07) is 7.96. The molecule has 0 aromatic heterocycles. The van der Waals surface area contributed by atoms with Crippen molar-refractivity contribution in [1.82, 2.24) is 0 Å². The minimum atomic E-state index is -0.198. The molecule has 1 aromatic carbocycles. The normalized spacial score (nSPS) is 15.0. The monoisotopic (exact) mass is 350 g/mol. The van der Waals surface area contributed by atoms with Crippen LogP contribution in [-0.2, 0) is 14.3 Å². The van der Waals surface area contributed by atoms with Crippen LogP contribution in [0.2, 0.25) is 0 Å². The van der Waals surface area contributed by atoms with E-state index in [0.717, 1.165) is 24.7 Å². The molecule has 4 nitrogen and oxygen atoms in total. The van der Waals surface area contributed by atoms with E-state index in [4.69, 9.17) is 14.2 Å². The highest BCUT2D eigenvalue weighted by molar-refractivity contribution is 5.69. The van der Waals surface area contributed by atoms with Crippen molar-refractivity contribution in [2.24, 2.45) is 5.92 Å². The van der Waals surface area contributed by atoms with E-state index in [2.05, 4.69) is 20.8 Å². The maximum absolute atomic E-state index is 11.1. The maximum atomic E-state index is 11.1. The third-order valence-corrected chi connectivity index (χ3v) is 4.06. The number of methoxy groups -OCH3 is 1. The van der Waals surface area contributed by atoms with Gasteiger partial charge in [-0.05, 0) is 58.6 Å². The Morgan fingerprint density at radius 3 is 2.32 bits per heavy atom. The lowest BCUT2D eigenvalue weighted by Gasteiger charge is -2.28. The van der Waals surface area contributed by atoms with Crippen LogP contribution in [0.15, 0.2) is 24.3 Å². The fourth-order valence-electron chi connectivity index (χ4n) is 2.40. The Bertz CT molecular complexity index is 503. The van der Waals surface area contributed by atoms with E-state index >= 15 is 0 Å². The predicted octanol–water partition coefficient (Wildman–Crippen LogP) is 4.93. The Balaban J connectivity index is 0.000000293. The Hall–Kier alpha value is -1.55. The third-order valence-electron chi connectivity index (χ3n) is 4.06. The lowest BCUT2D eigenvalue weighted by molar-refractivity contribution is -0.151. The zero-order valence-corrected chi connectivity index (χ0v) is 16.6. The summed E-state index contributed by atoms with van der Waals surface area (Å²) in [7, 11) is 1.67. The molecule has 0 bridgehead atoms. The van der Waals surface area contributed by atoms with E-state index < -0.39 is 0 Å². The highest BCUT2D eigenvalue weighted by Crippen LogP contribution is 2.31. The molecular formula is C21H34O4. The van der Waals surface area contributed by atoms with Crippen LogP contribution in [0.4, 0.5) is 0 Å². The topological polar surface area (TPSA) is 44.8 Å². The van der Waals surface area contributed by atoms with Crippen molar-refractivity contribution in [2.45, 2.75) is 72.0 Å². The van der Waals surface area contributed by atoms with Gasteiger partial charge in [0, 0.05) is 12.8 Å². The number of hydrogen-bond donors (Lipinski definition) is 0. The summed E-state index contributed by atoms with van der Waals surface area (Å²) >= 11 is 0. The number of carbonyl (C=O) groups excluding carboxylic acids is 1. The number of hydrogen-bond acceptors (Lipinski definition) is 4. The highest BCUT2D eigenvalue weighted by Gasteiger charge is 2.28. The van der Waals surface area contributed by atoms with Crippen molar-refractivity contribution in [3.63, 3.8) is 0 Å². The van der Waals surface area contributed by atoms with Crippen LogP contribution in [0.25, 0.3) is 0 Å². The van der Waals surface area contributed by atoms with E-state index in [1.54, 1.807) is 7.11 Å². The number of aryl methyl sites for hydroxylation is 1. The molecule has 0 amide bonds. The summed E-state index contributed by atoms with van der Waals surface area (Å²) in [5, 5.41) is 0. The molecule has 2 rings (SSSR count). The van der Waals surface area contributed by atoms with Gasteiger partial charge in [-0.1, -0.05) is 24.6 Å². The van der Waals surface area contributed by atoms with Gasteiger partial charge in [0.25, 0.3) is 0 Å². The first-order valence-corrected chi connectivity index (χ1v) is 9.20. The fraction of sp³-hybridized carbons (Fsp3) is 0.667. The van der Waals surface area contributed by atoms with Gasteiger partial charge in [0.15, 0.2) is 0 Å². The van der Waals surface area contributed by atoms with Gasteiger partial charge in [0.2, 0.25) is 0 Å². The predicted molar refractivity (Wildman–Crippen MR) is 101 cm³/mol. The van der Waals surface area contributed by atoms with E-state index in [1.165, 1.54) is 18.4 Å². The lowest BCUT2D eigenvalue weighted by atomic mass is 10.0. The SMILES string of the molecule is CCC(=O)OC(C)CC(C)(C)OCC1CC1.COc1ccc(C)cc1. The summed E-state index contributed by atoms with van der Waals surface area (Å²) in [6.45, 7) is 10.8. The van der Waals surface area contributed by atoms with Crippen molar-refractivity contribution in [3.05, 3.63) is 29.8 Å². The van der Waals surface area contributed by atoms with E-state index in [-0.39, 0.29) is 17.7 Å². The molecule has 0 heterocycles. The third kappa shape index (κ3) is 10.1. The smallest absolute Gasteiger partial charge is 0.305 e. The second-order valence-corrected chi connectivity index (χ2v) is 7.39. The molecule has 1 aromatic rings. The highest BCUT2D eigenvalue weighted by atomic mass is 16.5. The zero-order valence-electron chi connectivity index (χ0n) is 16.6. The van der Waals surface area contributed by atoms with Gasteiger partial charge in [-0.3, -0.25) is 4.79 Å². The molecule has 1 aliphatic carbocycles. The van der Waals surface area contributed by atoms with Crippen molar-refractivity contribution in [2.75, 3.05) is 13.7 Å². The molecule has 25 heavy (non-hydrogen) atoms. The zero-order chi connectivity index (χ0) is 18.9.